The molecule has 0 saturated carbocycles. The van der Waals surface area contributed by atoms with Gasteiger partial charge in [-0.2, -0.15) is 0 Å². The molecule has 1 unspecified atom stereocenters. The third kappa shape index (κ3) is 3.22. The number of hydrogen-bond acceptors (Lipinski definition) is 8. The Morgan fingerprint density at radius 2 is 1.61 bits per heavy atom. The molecule has 2 rings (SSSR count). The molecule has 1 aliphatic heterocycles. The van der Waals surface area contributed by atoms with Crippen molar-refractivity contribution in [3.63, 3.8) is 0 Å². The normalized spacial score (nSPS) is 21.8. The van der Waals surface area contributed by atoms with Crippen LogP contribution in [-0.2, 0) is 39.8 Å². The summed E-state index contributed by atoms with van der Waals surface area (Å²) in [6.07, 6.45) is -0.634. The van der Waals surface area contributed by atoms with Gasteiger partial charge in [-0.15, -0.1) is 0 Å². The Bertz CT molecular complexity index is 757. The van der Waals surface area contributed by atoms with Gasteiger partial charge < -0.3 is 24.2 Å². The van der Waals surface area contributed by atoms with Crippen LogP contribution in [0, 0.1) is 0 Å². The molecule has 1 heterocycles. The Hall–Kier alpha value is -2.94. The Morgan fingerprint density at radius 3 is 2.07 bits per heavy atom. The van der Waals surface area contributed by atoms with Gasteiger partial charge in [0.25, 0.3) is 5.54 Å². The molecule has 1 aliphatic rings. The van der Waals surface area contributed by atoms with Crippen LogP contribution in [0.1, 0.15) is 18.9 Å². The number of nitrogens with zero attached hydrogens (tertiary/aromatic N) is 1. The van der Waals surface area contributed by atoms with Crippen molar-refractivity contribution < 1.29 is 38.5 Å². The van der Waals surface area contributed by atoms with Crippen LogP contribution >= 0.6 is 0 Å². The number of benzene rings is 1. The predicted octanol–water partition coefficient (Wildman–Crippen LogP) is -0.161. The van der Waals surface area contributed by atoms with Crippen LogP contribution in [0.3, 0.4) is 0 Å². The molecule has 1 aromatic carbocycles. The molecule has 0 bridgehead atoms. The maximum Gasteiger partial charge on any atom is 0.346 e. The van der Waals surface area contributed by atoms with Crippen molar-refractivity contribution in [2.75, 3.05) is 21.3 Å². The molecule has 1 saturated heterocycles. The van der Waals surface area contributed by atoms with Crippen molar-refractivity contribution in [1.29, 1.82) is 0 Å². The highest BCUT2D eigenvalue weighted by molar-refractivity contribution is 6.13. The Kier molecular flexibility index (Phi) is 6.08. The molecule has 0 radical (unpaired) electrons. The van der Waals surface area contributed by atoms with Crippen LogP contribution in [-0.4, -0.2) is 72.3 Å². The van der Waals surface area contributed by atoms with E-state index in [1.807, 2.05) is 0 Å². The van der Waals surface area contributed by atoms with Gasteiger partial charge in [-0.3, -0.25) is 4.79 Å². The quantitative estimate of drug-likeness (QED) is 0.402. The highest BCUT2D eigenvalue weighted by atomic mass is 16.6. The van der Waals surface area contributed by atoms with Crippen molar-refractivity contribution in [2.45, 2.75) is 36.9 Å². The van der Waals surface area contributed by atoms with Crippen molar-refractivity contribution in [1.82, 2.24) is 4.90 Å². The summed E-state index contributed by atoms with van der Waals surface area (Å²) >= 11 is 0. The highest BCUT2D eigenvalue weighted by Gasteiger charge is 2.73. The van der Waals surface area contributed by atoms with Gasteiger partial charge in [0.2, 0.25) is 5.91 Å². The summed E-state index contributed by atoms with van der Waals surface area (Å²) in [4.78, 5) is 51.6. The first kappa shape index (κ1) is 21.4. The van der Waals surface area contributed by atoms with Gasteiger partial charge in [-0.1, -0.05) is 30.3 Å². The van der Waals surface area contributed by atoms with Crippen LogP contribution in [0.2, 0.25) is 0 Å². The zero-order valence-electron chi connectivity index (χ0n) is 16.1. The monoisotopic (exact) mass is 393 g/mol. The van der Waals surface area contributed by atoms with Crippen molar-refractivity contribution >= 4 is 23.8 Å². The Morgan fingerprint density at radius 1 is 1.07 bits per heavy atom. The number of aliphatic hydroxyl groups is 1. The molecule has 2 atom stereocenters. The lowest BCUT2D eigenvalue weighted by Gasteiger charge is -2.42. The highest BCUT2D eigenvalue weighted by Crippen LogP contribution is 2.43. The van der Waals surface area contributed by atoms with Gasteiger partial charge in [0.05, 0.1) is 27.8 Å². The van der Waals surface area contributed by atoms with Gasteiger partial charge in [-0.25, -0.2) is 14.4 Å². The number of rotatable bonds is 6. The van der Waals surface area contributed by atoms with Crippen molar-refractivity contribution in [3.8, 4) is 0 Å². The Balaban J connectivity index is 2.69. The lowest BCUT2D eigenvalue weighted by molar-refractivity contribution is -0.190. The molecule has 152 valence electrons. The van der Waals surface area contributed by atoms with E-state index < -0.39 is 47.4 Å². The predicted molar refractivity (Wildman–Crippen MR) is 94.8 cm³/mol. The van der Waals surface area contributed by atoms with Crippen LogP contribution in [0.25, 0.3) is 0 Å². The van der Waals surface area contributed by atoms with E-state index in [1.54, 1.807) is 30.3 Å². The van der Waals surface area contributed by atoms with Gasteiger partial charge >= 0.3 is 17.9 Å². The first-order valence-corrected chi connectivity index (χ1v) is 8.50. The molecule has 1 fully saturated rings. The van der Waals surface area contributed by atoms with Gasteiger partial charge in [-0.05, 0) is 12.5 Å². The fourth-order valence-electron chi connectivity index (χ4n) is 3.63. The summed E-state index contributed by atoms with van der Waals surface area (Å²) in [5, 5.41) is 10.9. The molecule has 0 aromatic heterocycles. The van der Waals surface area contributed by atoms with E-state index in [0.717, 1.165) is 33.2 Å². The number of carbonyl (C=O) groups excluding carboxylic acids is 4. The van der Waals surface area contributed by atoms with Gasteiger partial charge in [0, 0.05) is 6.42 Å². The first-order chi connectivity index (χ1) is 13.2. The smallest absolute Gasteiger partial charge is 0.346 e. The molecule has 9 nitrogen and oxygen atoms in total. The van der Waals surface area contributed by atoms with Crippen molar-refractivity contribution in [2.24, 2.45) is 0 Å². The van der Waals surface area contributed by atoms with E-state index in [2.05, 4.69) is 0 Å². The van der Waals surface area contributed by atoms with E-state index in [1.165, 1.54) is 0 Å². The number of methoxy groups -OCH3 is 3. The first-order valence-electron chi connectivity index (χ1n) is 8.50. The number of likely N-dealkylation sites (tertiary alicyclic amines) is 1. The number of hydrogen-bond donors (Lipinski definition) is 1. The Labute approximate surface area is 162 Å². The molecule has 9 heteroatoms. The fraction of sp³-hybridized carbons (Fsp3) is 0.474. The zero-order chi connectivity index (χ0) is 21.1. The maximum atomic E-state index is 12.8. The van der Waals surface area contributed by atoms with Crippen LogP contribution in [0.5, 0.6) is 0 Å². The minimum atomic E-state index is -2.55. The summed E-state index contributed by atoms with van der Waals surface area (Å²) in [5.41, 5.74) is -4.07. The molecule has 1 aromatic rings. The standard InChI is InChI=1S/C19H23NO8/c1-18(25)11-14(21)20(19(18,16(23)27-3)17(24)28-4)13(15(22)26-2)10-12-8-6-5-7-9-12/h5-9,13,25H,10-11H2,1-4H3/t13-,18?/m1/s1. The van der Waals surface area contributed by atoms with Crippen LogP contribution in [0.4, 0.5) is 0 Å². The average Bonchev–Trinajstić information content (AvgIpc) is 2.90. The van der Waals surface area contributed by atoms with E-state index in [9.17, 15) is 24.3 Å². The second-order valence-electron chi connectivity index (χ2n) is 6.64. The number of amides is 1. The summed E-state index contributed by atoms with van der Waals surface area (Å²) in [6, 6.07) is 7.31. The summed E-state index contributed by atoms with van der Waals surface area (Å²) in [6.45, 7) is 1.15. The minimum absolute atomic E-state index is 0.0505. The molecular formula is C19H23NO8. The third-order valence-electron chi connectivity index (χ3n) is 4.92. The molecule has 0 aliphatic carbocycles. The molecule has 1 N–H and O–H groups in total. The molecule has 0 spiro atoms. The average molecular weight is 393 g/mol. The largest absolute Gasteiger partial charge is 0.467 e. The SMILES string of the molecule is COC(=O)[C@@H](Cc1ccccc1)N1C(=O)CC(C)(O)C1(C(=O)OC)C(=O)OC. The lowest BCUT2D eigenvalue weighted by Crippen LogP contribution is -2.71. The minimum Gasteiger partial charge on any atom is -0.467 e. The summed E-state index contributed by atoms with van der Waals surface area (Å²) in [7, 11) is 3.14. The second kappa shape index (κ2) is 7.97. The van der Waals surface area contributed by atoms with Crippen LogP contribution < -0.4 is 0 Å². The fourth-order valence-corrected chi connectivity index (χ4v) is 3.63. The van der Waals surface area contributed by atoms with Gasteiger partial charge in [0.1, 0.15) is 11.6 Å². The maximum absolute atomic E-state index is 12.8. The van der Waals surface area contributed by atoms with Gasteiger partial charge in [0.15, 0.2) is 0 Å². The van der Waals surface area contributed by atoms with E-state index in [0.29, 0.717) is 5.56 Å². The third-order valence-corrected chi connectivity index (χ3v) is 4.92. The summed E-state index contributed by atoms with van der Waals surface area (Å²) in [5.74, 6) is -4.06. The van der Waals surface area contributed by atoms with E-state index in [4.69, 9.17) is 14.2 Å². The zero-order valence-corrected chi connectivity index (χ0v) is 16.1. The number of ether oxygens (including phenoxy) is 3. The van der Waals surface area contributed by atoms with Crippen LogP contribution in [0.15, 0.2) is 30.3 Å². The molecular weight excluding hydrogens is 370 g/mol. The number of carbonyl (C=O) groups is 4. The molecule has 28 heavy (non-hydrogen) atoms. The molecule has 1 amide bonds. The number of esters is 3. The second-order valence-corrected chi connectivity index (χ2v) is 6.64. The van der Waals surface area contributed by atoms with E-state index >= 15 is 0 Å². The lowest BCUT2D eigenvalue weighted by atomic mass is 9.80. The van der Waals surface area contributed by atoms with E-state index in [-0.39, 0.29) is 6.42 Å². The van der Waals surface area contributed by atoms with Crippen molar-refractivity contribution in [3.05, 3.63) is 35.9 Å². The topological polar surface area (TPSA) is 119 Å². The summed E-state index contributed by atoms with van der Waals surface area (Å²) < 4.78 is 14.3.